The van der Waals surface area contributed by atoms with E-state index in [0.29, 0.717) is 29.9 Å². The fourth-order valence-electron chi connectivity index (χ4n) is 2.74. The van der Waals surface area contributed by atoms with E-state index < -0.39 is 11.5 Å². The van der Waals surface area contributed by atoms with Crippen LogP contribution in [0.5, 0.6) is 0 Å². The molecule has 1 aliphatic rings. The Morgan fingerprint density at radius 2 is 1.48 bits per heavy atom. The molecule has 2 aromatic carbocycles. The van der Waals surface area contributed by atoms with Gasteiger partial charge < -0.3 is 14.2 Å². The molecule has 0 radical (unpaired) electrons. The summed E-state index contributed by atoms with van der Waals surface area (Å²) >= 11 is 13.2. The summed E-state index contributed by atoms with van der Waals surface area (Å²) in [6.45, 7) is 1.17. The lowest BCUT2D eigenvalue weighted by atomic mass is 10.1. The topological polar surface area (TPSA) is 44.8 Å². The Bertz CT molecular complexity index is 752. The van der Waals surface area contributed by atoms with Gasteiger partial charge in [-0.2, -0.15) is 0 Å². The average Bonchev–Trinajstić information content (AvgIpc) is 2.98. The number of carbonyl (C=O) groups excluding carboxylic acids is 1. The second kappa shape index (κ2) is 9.92. The second-order valence-electron chi connectivity index (χ2n) is 6.14. The third-order valence-corrected chi connectivity index (χ3v) is 6.08. The summed E-state index contributed by atoms with van der Waals surface area (Å²) in [5, 5.41) is 1.23. The lowest BCUT2D eigenvalue weighted by Crippen LogP contribution is -2.33. The van der Waals surface area contributed by atoms with Crippen LogP contribution in [0.4, 0.5) is 0 Å². The van der Waals surface area contributed by atoms with E-state index in [-0.39, 0.29) is 11.0 Å². The first-order valence-electron chi connectivity index (χ1n) is 8.47. The molecule has 27 heavy (non-hydrogen) atoms. The monoisotopic (exact) mass is 426 g/mol. The van der Waals surface area contributed by atoms with Crippen molar-refractivity contribution < 1.29 is 19.0 Å². The standard InChI is InChI=1S/C20H20Cl2O4S/c1-24-20-18(23)19(26-11-14-4-8-16(22)9-5-14)17(27-20)12-25-10-13-2-6-15(21)7-3-13/h2-9,17,19-20H,10-12H2,1H3/t17-,19-,20?/m1/s1. The number of methoxy groups -OCH3 is 1. The lowest BCUT2D eigenvalue weighted by molar-refractivity contribution is -0.135. The van der Waals surface area contributed by atoms with E-state index in [2.05, 4.69) is 0 Å². The van der Waals surface area contributed by atoms with E-state index in [1.165, 1.54) is 18.9 Å². The third kappa shape index (κ3) is 5.70. The Balaban J connectivity index is 1.56. The van der Waals surface area contributed by atoms with Gasteiger partial charge in [0.2, 0.25) is 5.78 Å². The maximum Gasteiger partial charge on any atom is 0.201 e. The first-order valence-corrected chi connectivity index (χ1v) is 10.2. The normalized spacial score (nSPS) is 22.3. The Morgan fingerprint density at radius 3 is 2.04 bits per heavy atom. The number of hydrogen-bond acceptors (Lipinski definition) is 5. The van der Waals surface area contributed by atoms with Crippen LogP contribution in [0.2, 0.25) is 10.0 Å². The molecule has 7 heteroatoms. The molecule has 0 amide bonds. The van der Waals surface area contributed by atoms with Crippen molar-refractivity contribution in [3.63, 3.8) is 0 Å². The maximum atomic E-state index is 12.5. The number of thioether (sulfide) groups is 1. The number of Topliss-reactive ketones (excluding diaryl/α,β-unsaturated/α-hetero) is 1. The molecule has 0 N–H and O–H groups in total. The van der Waals surface area contributed by atoms with Crippen molar-refractivity contribution in [3.05, 3.63) is 69.7 Å². The zero-order valence-corrected chi connectivity index (χ0v) is 17.1. The fraction of sp³-hybridized carbons (Fsp3) is 0.350. The highest BCUT2D eigenvalue weighted by atomic mass is 35.5. The molecule has 2 aromatic rings. The number of ketones is 1. The Hall–Kier alpha value is -1.08. The van der Waals surface area contributed by atoms with Gasteiger partial charge in [-0.15, -0.1) is 11.8 Å². The van der Waals surface area contributed by atoms with Gasteiger partial charge in [0, 0.05) is 17.2 Å². The molecule has 1 saturated heterocycles. The molecular formula is C20H20Cl2O4S. The number of benzene rings is 2. The number of hydrogen-bond donors (Lipinski definition) is 0. The van der Waals surface area contributed by atoms with Crippen LogP contribution in [-0.2, 0) is 32.2 Å². The second-order valence-corrected chi connectivity index (χ2v) is 8.32. The highest BCUT2D eigenvalue weighted by Crippen LogP contribution is 2.34. The summed E-state index contributed by atoms with van der Waals surface area (Å²) in [6, 6.07) is 14.9. The highest BCUT2D eigenvalue weighted by Gasteiger charge is 2.44. The van der Waals surface area contributed by atoms with Crippen LogP contribution in [0, 0.1) is 0 Å². The molecule has 0 bridgehead atoms. The van der Waals surface area contributed by atoms with Gasteiger partial charge in [0.25, 0.3) is 0 Å². The van der Waals surface area contributed by atoms with E-state index in [9.17, 15) is 4.79 Å². The van der Waals surface area contributed by atoms with Crippen LogP contribution in [0.3, 0.4) is 0 Å². The number of carbonyl (C=O) groups is 1. The molecule has 3 atom stereocenters. The molecule has 4 nitrogen and oxygen atoms in total. The molecule has 0 spiro atoms. The zero-order chi connectivity index (χ0) is 19.2. The fourth-order valence-corrected chi connectivity index (χ4v) is 4.22. The van der Waals surface area contributed by atoms with Crippen molar-refractivity contribution in [2.45, 2.75) is 30.0 Å². The summed E-state index contributed by atoms with van der Waals surface area (Å²) in [5.74, 6) is -0.0587. The third-order valence-electron chi connectivity index (χ3n) is 4.17. The minimum absolute atomic E-state index is 0.0587. The first-order chi connectivity index (χ1) is 13.1. The first kappa shape index (κ1) is 20.6. The predicted molar refractivity (Wildman–Crippen MR) is 108 cm³/mol. The van der Waals surface area contributed by atoms with Gasteiger partial charge in [0.05, 0.1) is 25.1 Å². The van der Waals surface area contributed by atoms with E-state index in [0.717, 1.165) is 11.1 Å². The molecule has 0 aliphatic carbocycles. The summed E-state index contributed by atoms with van der Waals surface area (Å²) in [6.07, 6.45) is -0.569. The summed E-state index contributed by atoms with van der Waals surface area (Å²) in [7, 11) is 1.53. The van der Waals surface area contributed by atoms with Gasteiger partial charge in [0.15, 0.2) is 5.44 Å². The number of rotatable bonds is 8. The van der Waals surface area contributed by atoms with Gasteiger partial charge in [-0.05, 0) is 35.4 Å². The summed E-state index contributed by atoms with van der Waals surface area (Å²) in [5.41, 5.74) is 1.46. The van der Waals surface area contributed by atoms with Gasteiger partial charge in [-0.3, -0.25) is 4.79 Å². The van der Waals surface area contributed by atoms with Gasteiger partial charge in [-0.25, -0.2) is 0 Å². The van der Waals surface area contributed by atoms with Crippen molar-refractivity contribution in [2.24, 2.45) is 0 Å². The molecule has 1 aliphatic heterocycles. The van der Waals surface area contributed by atoms with Crippen LogP contribution >= 0.6 is 35.0 Å². The Labute approximate surface area is 173 Å². The van der Waals surface area contributed by atoms with Crippen molar-refractivity contribution in [1.82, 2.24) is 0 Å². The van der Waals surface area contributed by atoms with E-state index >= 15 is 0 Å². The van der Waals surface area contributed by atoms with Crippen LogP contribution < -0.4 is 0 Å². The van der Waals surface area contributed by atoms with E-state index in [1.54, 1.807) is 12.1 Å². The lowest BCUT2D eigenvalue weighted by Gasteiger charge is -2.18. The van der Waals surface area contributed by atoms with Crippen molar-refractivity contribution in [2.75, 3.05) is 13.7 Å². The Morgan fingerprint density at radius 1 is 0.926 bits per heavy atom. The minimum Gasteiger partial charge on any atom is -0.376 e. The average molecular weight is 427 g/mol. The molecule has 3 rings (SSSR count). The summed E-state index contributed by atoms with van der Waals surface area (Å²) < 4.78 is 17.0. The molecule has 144 valence electrons. The van der Waals surface area contributed by atoms with Crippen molar-refractivity contribution in [1.29, 1.82) is 0 Å². The van der Waals surface area contributed by atoms with Crippen molar-refractivity contribution in [3.8, 4) is 0 Å². The van der Waals surface area contributed by atoms with Crippen LogP contribution in [0.1, 0.15) is 11.1 Å². The molecule has 1 fully saturated rings. The van der Waals surface area contributed by atoms with Gasteiger partial charge >= 0.3 is 0 Å². The van der Waals surface area contributed by atoms with Crippen molar-refractivity contribution >= 4 is 40.7 Å². The van der Waals surface area contributed by atoms with E-state index in [1.807, 2.05) is 36.4 Å². The van der Waals surface area contributed by atoms with Crippen LogP contribution in [0.15, 0.2) is 48.5 Å². The maximum absolute atomic E-state index is 12.5. The molecule has 0 aromatic heterocycles. The SMILES string of the molecule is COC1S[C@H](COCc2ccc(Cl)cc2)[C@@H](OCc2ccc(Cl)cc2)C1=O. The van der Waals surface area contributed by atoms with Crippen LogP contribution in [-0.4, -0.2) is 36.3 Å². The summed E-state index contributed by atoms with van der Waals surface area (Å²) in [4.78, 5) is 12.5. The molecule has 1 heterocycles. The van der Waals surface area contributed by atoms with Gasteiger partial charge in [0.1, 0.15) is 6.10 Å². The molecule has 1 unspecified atom stereocenters. The minimum atomic E-state index is -0.569. The smallest absolute Gasteiger partial charge is 0.201 e. The number of halogens is 2. The van der Waals surface area contributed by atoms with E-state index in [4.69, 9.17) is 37.4 Å². The largest absolute Gasteiger partial charge is 0.376 e. The molecule has 0 saturated carbocycles. The van der Waals surface area contributed by atoms with Crippen LogP contribution in [0.25, 0.3) is 0 Å². The Kier molecular flexibility index (Phi) is 7.58. The zero-order valence-electron chi connectivity index (χ0n) is 14.8. The van der Waals surface area contributed by atoms with Gasteiger partial charge in [-0.1, -0.05) is 47.5 Å². The number of ether oxygens (including phenoxy) is 3. The quantitative estimate of drug-likeness (QED) is 0.608. The predicted octanol–water partition coefficient (Wildman–Crippen LogP) is 4.75. The molecular weight excluding hydrogens is 407 g/mol. The highest BCUT2D eigenvalue weighted by molar-refractivity contribution is 8.01.